The molecule has 0 amide bonds. The van der Waals surface area contributed by atoms with Crippen LogP contribution in [-0.2, 0) is 23.1 Å². The molecule has 2 aliphatic rings. The van der Waals surface area contributed by atoms with Crippen LogP contribution >= 0.6 is 7.82 Å². The van der Waals surface area contributed by atoms with E-state index in [1.165, 1.54) is 10.8 Å². The Kier molecular flexibility index (Phi) is 4.31. The predicted molar refractivity (Wildman–Crippen MR) is 80.7 cm³/mol. The van der Waals surface area contributed by atoms with Crippen molar-refractivity contribution >= 4 is 7.82 Å². The van der Waals surface area contributed by atoms with Crippen LogP contribution < -0.4 is 11.2 Å². The van der Waals surface area contributed by atoms with Crippen LogP contribution in [0, 0.1) is 6.92 Å². The maximum Gasteiger partial charge on any atom is 0.472 e. The van der Waals surface area contributed by atoms with Gasteiger partial charge in [-0.1, -0.05) is 6.92 Å². The standard InChI is InChI=1S/C13H19N2O8P/c1-4-13-6-21-8(9(13)23-24(18,19)20-3)11(22-13)15-5-7(2)10(16)14-12(15)17/h5,8-9,11H,4,6H2,1-3H3,(H,18,19)(H,14,16,17)/t8-,9+,11+,13-/m0/s1. The van der Waals surface area contributed by atoms with Crippen LogP contribution in [0.15, 0.2) is 15.8 Å². The van der Waals surface area contributed by atoms with Gasteiger partial charge in [0.25, 0.3) is 5.56 Å². The molecule has 2 fully saturated rings. The maximum absolute atomic E-state index is 12.1. The average molecular weight is 362 g/mol. The summed E-state index contributed by atoms with van der Waals surface area (Å²) in [5, 5.41) is 0. The molecule has 5 atom stereocenters. The number of aromatic nitrogens is 2. The number of nitrogens with zero attached hydrogens (tertiary/aromatic N) is 1. The number of phosphoric ester groups is 1. The zero-order valence-electron chi connectivity index (χ0n) is 13.4. The van der Waals surface area contributed by atoms with Crippen molar-refractivity contribution < 1.29 is 28.0 Å². The second-order valence-electron chi connectivity index (χ2n) is 5.86. The first-order chi connectivity index (χ1) is 11.2. The highest BCUT2D eigenvalue weighted by atomic mass is 31.2. The summed E-state index contributed by atoms with van der Waals surface area (Å²) >= 11 is 0. The van der Waals surface area contributed by atoms with Crippen molar-refractivity contribution in [2.45, 2.75) is 44.3 Å². The zero-order chi connectivity index (χ0) is 17.7. The van der Waals surface area contributed by atoms with Crippen LogP contribution in [0.3, 0.4) is 0 Å². The smallest absolute Gasteiger partial charge is 0.368 e. The number of hydrogen-bond acceptors (Lipinski definition) is 7. The van der Waals surface area contributed by atoms with E-state index in [0.29, 0.717) is 12.0 Å². The summed E-state index contributed by atoms with van der Waals surface area (Å²) in [5.41, 5.74) is -1.79. The Morgan fingerprint density at radius 2 is 2.25 bits per heavy atom. The molecule has 1 aromatic heterocycles. The van der Waals surface area contributed by atoms with Gasteiger partial charge in [0.05, 0.1) is 6.61 Å². The molecule has 0 spiro atoms. The first-order valence-electron chi connectivity index (χ1n) is 7.41. The molecular weight excluding hydrogens is 343 g/mol. The molecule has 0 aliphatic carbocycles. The molecule has 2 aliphatic heterocycles. The Bertz CT molecular complexity index is 804. The molecule has 10 nitrogen and oxygen atoms in total. The number of aryl methyl sites for hydroxylation is 1. The summed E-state index contributed by atoms with van der Waals surface area (Å²) in [6.45, 7) is 3.54. The molecule has 1 unspecified atom stereocenters. The summed E-state index contributed by atoms with van der Waals surface area (Å²) in [7, 11) is -3.20. The molecule has 0 aromatic carbocycles. The van der Waals surface area contributed by atoms with Gasteiger partial charge >= 0.3 is 13.5 Å². The number of hydrogen-bond donors (Lipinski definition) is 2. The number of fused-ring (bicyclic) bond motifs is 2. The average Bonchev–Trinajstić information content (AvgIpc) is 3.03. The number of nitrogens with one attached hydrogen (secondary N) is 1. The van der Waals surface area contributed by atoms with E-state index in [4.69, 9.17) is 14.0 Å². The Balaban J connectivity index is 2.00. The van der Waals surface area contributed by atoms with Gasteiger partial charge in [-0.2, -0.15) is 0 Å². The van der Waals surface area contributed by atoms with Gasteiger partial charge in [-0.25, -0.2) is 9.36 Å². The molecular formula is C13H19N2O8P. The second kappa shape index (κ2) is 5.91. The second-order valence-corrected chi connectivity index (χ2v) is 7.37. The van der Waals surface area contributed by atoms with Crippen LogP contribution in [-0.4, -0.2) is 46.0 Å². The lowest BCUT2D eigenvalue weighted by atomic mass is 9.96. The van der Waals surface area contributed by atoms with Gasteiger partial charge in [-0.3, -0.25) is 23.4 Å². The van der Waals surface area contributed by atoms with E-state index in [1.807, 2.05) is 6.92 Å². The molecule has 0 radical (unpaired) electrons. The molecule has 134 valence electrons. The Morgan fingerprint density at radius 1 is 1.54 bits per heavy atom. The molecule has 2 N–H and O–H groups in total. The molecule has 2 bridgehead atoms. The first-order valence-corrected chi connectivity index (χ1v) is 8.91. The van der Waals surface area contributed by atoms with Crippen LogP contribution in [0.1, 0.15) is 25.1 Å². The van der Waals surface area contributed by atoms with Crippen LogP contribution in [0.5, 0.6) is 0 Å². The van der Waals surface area contributed by atoms with Gasteiger partial charge in [0.2, 0.25) is 0 Å². The van der Waals surface area contributed by atoms with Crippen molar-refractivity contribution in [1.29, 1.82) is 0 Å². The monoisotopic (exact) mass is 362 g/mol. The summed E-state index contributed by atoms with van der Waals surface area (Å²) in [6.07, 6.45) is -0.758. The number of H-pyrrole nitrogens is 1. The largest absolute Gasteiger partial charge is 0.472 e. The van der Waals surface area contributed by atoms with Crippen molar-refractivity contribution in [2.75, 3.05) is 13.7 Å². The van der Waals surface area contributed by atoms with Gasteiger partial charge in [-0.05, 0) is 13.3 Å². The SMILES string of the molecule is CC[C@@]12CO[C@H]([C@H](n3cc(C)c(=O)[nH]c3=O)O1)[C@H]2OP(=O)(O)OC. The molecule has 2 saturated heterocycles. The minimum atomic E-state index is -4.27. The van der Waals surface area contributed by atoms with Gasteiger partial charge in [0.15, 0.2) is 6.23 Å². The number of aromatic amines is 1. The number of ether oxygens (including phenoxy) is 2. The van der Waals surface area contributed by atoms with E-state index in [9.17, 15) is 19.0 Å². The Morgan fingerprint density at radius 3 is 2.88 bits per heavy atom. The van der Waals surface area contributed by atoms with Gasteiger partial charge < -0.3 is 14.4 Å². The minimum Gasteiger partial charge on any atom is -0.368 e. The van der Waals surface area contributed by atoms with E-state index in [2.05, 4.69) is 9.51 Å². The molecule has 24 heavy (non-hydrogen) atoms. The van der Waals surface area contributed by atoms with E-state index in [0.717, 1.165) is 7.11 Å². The fraction of sp³-hybridized carbons (Fsp3) is 0.692. The highest BCUT2D eigenvalue weighted by molar-refractivity contribution is 7.47. The zero-order valence-corrected chi connectivity index (χ0v) is 14.3. The minimum absolute atomic E-state index is 0.163. The lowest BCUT2D eigenvalue weighted by Gasteiger charge is -2.30. The van der Waals surface area contributed by atoms with Crippen molar-refractivity contribution in [3.05, 3.63) is 32.6 Å². The third-order valence-electron chi connectivity index (χ3n) is 4.47. The summed E-state index contributed by atoms with van der Waals surface area (Å²) < 4.78 is 34.3. The topological polar surface area (TPSA) is 129 Å². The third kappa shape index (κ3) is 2.69. The van der Waals surface area contributed by atoms with Crippen LogP contribution in [0.25, 0.3) is 0 Å². The molecule has 3 heterocycles. The van der Waals surface area contributed by atoms with Crippen molar-refractivity contribution in [2.24, 2.45) is 0 Å². The molecule has 0 saturated carbocycles. The number of phosphoric acid groups is 1. The fourth-order valence-corrected chi connectivity index (χ4v) is 3.75. The molecule has 11 heteroatoms. The summed E-state index contributed by atoms with van der Waals surface area (Å²) in [6, 6.07) is 0. The van der Waals surface area contributed by atoms with E-state index in [-0.39, 0.29) is 6.61 Å². The lowest BCUT2D eigenvalue weighted by molar-refractivity contribution is -0.175. The van der Waals surface area contributed by atoms with E-state index >= 15 is 0 Å². The lowest BCUT2D eigenvalue weighted by Crippen LogP contribution is -2.42. The quantitative estimate of drug-likeness (QED) is 0.703. The first kappa shape index (κ1) is 17.5. The third-order valence-corrected chi connectivity index (χ3v) is 5.42. The van der Waals surface area contributed by atoms with Crippen molar-refractivity contribution in [3.63, 3.8) is 0 Å². The highest BCUT2D eigenvalue weighted by Gasteiger charge is 2.63. The Labute approximate surface area is 136 Å². The summed E-state index contributed by atoms with van der Waals surface area (Å²) in [5.74, 6) is 0. The summed E-state index contributed by atoms with van der Waals surface area (Å²) in [4.78, 5) is 35.5. The van der Waals surface area contributed by atoms with Gasteiger partial charge in [0.1, 0.15) is 17.8 Å². The molecule has 3 rings (SSSR count). The van der Waals surface area contributed by atoms with E-state index in [1.54, 1.807) is 6.92 Å². The van der Waals surface area contributed by atoms with Crippen LogP contribution in [0.2, 0.25) is 0 Å². The predicted octanol–water partition coefficient (Wildman–Crippen LogP) is 0.0534. The Hall–Kier alpha value is -1.29. The maximum atomic E-state index is 12.1. The molecule has 1 aromatic rings. The van der Waals surface area contributed by atoms with Crippen molar-refractivity contribution in [3.8, 4) is 0 Å². The fourth-order valence-electron chi connectivity index (χ4n) is 3.07. The van der Waals surface area contributed by atoms with Gasteiger partial charge in [0, 0.05) is 18.9 Å². The van der Waals surface area contributed by atoms with Crippen molar-refractivity contribution in [1.82, 2.24) is 9.55 Å². The van der Waals surface area contributed by atoms with Gasteiger partial charge in [-0.15, -0.1) is 0 Å². The van der Waals surface area contributed by atoms with Crippen LogP contribution in [0.4, 0.5) is 0 Å². The number of rotatable bonds is 5. The normalized spacial score (nSPS) is 34.4. The van der Waals surface area contributed by atoms with E-state index < -0.39 is 43.1 Å². The highest BCUT2D eigenvalue weighted by Crippen LogP contribution is 2.54.